The fourth-order valence-corrected chi connectivity index (χ4v) is 6.30. The highest BCUT2D eigenvalue weighted by molar-refractivity contribution is 8.45. The Bertz CT molecular complexity index is 1480. The highest BCUT2D eigenvalue weighted by Gasteiger charge is 2.65. The molecule has 15 heteroatoms. The molecular formula is C23H20F7N3O3S2. The second-order valence-electron chi connectivity index (χ2n) is 8.60. The maximum Gasteiger partial charge on any atom is 0.310 e. The number of carbonyl (C=O) groups is 1. The molecule has 2 aromatic carbocycles. The molecule has 0 radical (unpaired) electrons. The molecule has 0 spiro atoms. The van der Waals surface area contributed by atoms with Crippen LogP contribution in [0.15, 0.2) is 70.6 Å². The lowest BCUT2D eigenvalue weighted by Gasteiger charge is -2.40. The minimum atomic E-state index is -9.86. The minimum absolute atomic E-state index is 0.00413. The Hall–Kier alpha value is -3.17. The summed E-state index contributed by atoms with van der Waals surface area (Å²) in [6, 6.07) is 6.10. The first kappa shape index (κ1) is 27.9. The van der Waals surface area contributed by atoms with E-state index in [1.165, 1.54) is 0 Å². The van der Waals surface area contributed by atoms with Crippen LogP contribution in [0.3, 0.4) is 0 Å². The van der Waals surface area contributed by atoms with E-state index in [-0.39, 0.29) is 46.8 Å². The van der Waals surface area contributed by atoms with E-state index in [4.69, 9.17) is 0 Å². The van der Waals surface area contributed by atoms with E-state index in [2.05, 4.69) is 10.3 Å². The first-order chi connectivity index (χ1) is 17.5. The molecule has 0 aliphatic carbocycles. The minimum Gasteiger partial charge on any atom is -0.351 e. The number of hydrogen-bond donors (Lipinski definition) is 1. The van der Waals surface area contributed by atoms with Gasteiger partial charge in [-0.1, -0.05) is 31.6 Å². The van der Waals surface area contributed by atoms with Crippen molar-refractivity contribution in [3.63, 3.8) is 0 Å². The zero-order valence-electron chi connectivity index (χ0n) is 19.3. The number of benzene rings is 2. The van der Waals surface area contributed by atoms with Crippen LogP contribution in [-0.2, 0) is 21.4 Å². The normalized spacial score (nSPS) is 18.6. The van der Waals surface area contributed by atoms with Gasteiger partial charge in [0.1, 0.15) is 22.6 Å². The summed E-state index contributed by atoms with van der Waals surface area (Å²) < 4.78 is 119. The molecule has 1 aliphatic rings. The van der Waals surface area contributed by atoms with Crippen molar-refractivity contribution in [2.45, 2.75) is 35.2 Å². The van der Waals surface area contributed by atoms with Gasteiger partial charge in [-0.15, -0.1) is 0 Å². The van der Waals surface area contributed by atoms with Gasteiger partial charge in [0.15, 0.2) is 0 Å². The molecule has 6 nitrogen and oxygen atoms in total. The van der Waals surface area contributed by atoms with Crippen molar-refractivity contribution in [1.82, 2.24) is 14.6 Å². The molecule has 1 aliphatic heterocycles. The molecule has 3 aromatic rings. The van der Waals surface area contributed by atoms with Crippen molar-refractivity contribution >= 4 is 26.2 Å². The van der Waals surface area contributed by atoms with Gasteiger partial charge >= 0.3 is 10.2 Å². The van der Waals surface area contributed by atoms with E-state index in [9.17, 15) is 41.4 Å². The fraction of sp³-hybridized carbons (Fsp3) is 0.217. The second-order valence-corrected chi connectivity index (χ2v) is 12.9. The number of hydrogen-bond acceptors (Lipinski definition) is 4. The standard InChI is InChI=1S/C23H20F7N3O3S2/c24-17-5-7-18(8-6-17)37(35,36)33-11-1-2-22(33)23(34)32-13-16-12-21(31-14-20(16)25)15-3-9-19(10-4-15)38(26,27,28,29)30/h3-10,12,14,22H,1-2,11,13H2,(H,32,34)/t22-/m0/s1. The smallest absolute Gasteiger partial charge is 0.310 e. The zero-order valence-corrected chi connectivity index (χ0v) is 20.9. The van der Waals surface area contributed by atoms with E-state index in [1.807, 2.05) is 0 Å². The molecule has 1 atom stereocenters. The molecular weight excluding hydrogens is 563 g/mol. The lowest BCUT2D eigenvalue weighted by Crippen LogP contribution is -2.45. The molecule has 1 aromatic heterocycles. The average molecular weight is 584 g/mol. The summed E-state index contributed by atoms with van der Waals surface area (Å²) in [6.07, 6.45) is 1.33. The molecule has 1 amide bonds. The molecule has 38 heavy (non-hydrogen) atoms. The Morgan fingerprint density at radius 2 is 1.63 bits per heavy atom. The largest absolute Gasteiger partial charge is 0.351 e. The predicted octanol–water partition coefficient (Wildman–Crippen LogP) is 6.15. The topological polar surface area (TPSA) is 79.4 Å². The first-order valence-corrected chi connectivity index (χ1v) is 14.4. The lowest BCUT2D eigenvalue weighted by molar-refractivity contribution is -0.124. The summed E-state index contributed by atoms with van der Waals surface area (Å²) in [7, 11) is -14.0. The molecule has 1 fully saturated rings. The van der Waals surface area contributed by atoms with Gasteiger partial charge in [-0.05, 0) is 55.3 Å². The van der Waals surface area contributed by atoms with Crippen LogP contribution in [0.5, 0.6) is 0 Å². The highest BCUT2D eigenvalue weighted by atomic mass is 32.5. The summed E-state index contributed by atoms with van der Waals surface area (Å²) in [6.45, 7) is -0.370. The number of nitrogens with one attached hydrogen (secondary N) is 1. The van der Waals surface area contributed by atoms with Crippen LogP contribution >= 0.6 is 10.2 Å². The monoisotopic (exact) mass is 583 g/mol. The number of halogens is 7. The second kappa shape index (κ2) is 8.95. The lowest BCUT2D eigenvalue weighted by atomic mass is 10.1. The highest BCUT2D eigenvalue weighted by Crippen LogP contribution is 3.02. The Balaban J connectivity index is 1.50. The number of amides is 1. The average Bonchev–Trinajstić information content (AvgIpc) is 3.33. The van der Waals surface area contributed by atoms with E-state index < -0.39 is 55.3 Å². The quantitative estimate of drug-likeness (QED) is 0.339. The maximum absolute atomic E-state index is 14.4. The van der Waals surface area contributed by atoms with E-state index in [0.717, 1.165) is 53.0 Å². The number of nitrogens with zero attached hydrogens (tertiary/aromatic N) is 2. The van der Waals surface area contributed by atoms with Gasteiger partial charge in [-0.2, -0.15) is 4.31 Å². The van der Waals surface area contributed by atoms with Crippen molar-refractivity contribution in [2.24, 2.45) is 0 Å². The van der Waals surface area contributed by atoms with Crippen molar-refractivity contribution in [1.29, 1.82) is 0 Å². The van der Waals surface area contributed by atoms with Crippen molar-refractivity contribution in [3.05, 3.63) is 78.0 Å². The maximum atomic E-state index is 14.4. The Labute approximate surface area is 213 Å². The van der Waals surface area contributed by atoms with Crippen LogP contribution in [0.2, 0.25) is 0 Å². The summed E-state index contributed by atoms with van der Waals surface area (Å²) in [5, 5.41) is 2.45. The van der Waals surface area contributed by atoms with Gasteiger partial charge in [0.05, 0.1) is 16.8 Å². The molecule has 1 N–H and O–H groups in total. The van der Waals surface area contributed by atoms with Crippen LogP contribution in [0.4, 0.5) is 28.2 Å². The Morgan fingerprint density at radius 1 is 1.00 bits per heavy atom. The summed E-state index contributed by atoms with van der Waals surface area (Å²) in [5.41, 5.74) is -0.160. The van der Waals surface area contributed by atoms with E-state index in [1.54, 1.807) is 0 Å². The summed E-state index contributed by atoms with van der Waals surface area (Å²) in [5.74, 6) is -2.21. The zero-order chi connectivity index (χ0) is 28.0. The molecule has 4 rings (SSSR count). The Morgan fingerprint density at radius 3 is 2.24 bits per heavy atom. The van der Waals surface area contributed by atoms with Gasteiger partial charge in [-0.25, -0.2) is 17.2 Å². The number of rotatable bonds is 7. The van der Waals surface area contributed by atoms with Crippen LogP contribution in [0, 0.1) is 11.6 Å². The van der Waals surface area contributed by atoms with Gasteiger partial charge in [0.25, 0.3) is 0 Å². The SMILES string of the molecule is O=C(NCc1cc(-c2ccc(S(F)(F)(F)(F)F)cc2)ncc1F)[C@@H]1CCCN1S(=O)(=O)c1ccc(F)cc1. The van der Waals surface area contributed by atoms with Gasteiger partial charge in [-0.3, -0.25) is 9.78 Å². The third-order valence-corrected chi connectivity index (χ3v) is 9.00. The number of aromatic nitrogens is 1. The third kappa shape index (κ3) is 5.94. The fourth-order valence-electron chi connectivity index (χ4n) is 3.99. The summed E-state index contributed by atoms with van der Waals surface area (Å²) in [4.78, 5) is 14.3. The van der Waals surface area contributed by atoms with Crippen molar-refractivity contribution in [2.75, 3.05) is 6.54 Å². The molecule has 0 saturated carbocycles. The van der Waals surface area contributed by atoms with Crippen LogP contribution in [0.25, 0.3) is 11.3 Å². The van der Waals surface area contributed by atoms with Crippen molar-refractivity contribution in [3.8, 4) is 11.3 Å². The predicted molar refractivity (Wildman–Crippen MR) is 126 cm³/mol. The third-order valence-electron chi connectivity index (χ3n) is 5.91. The van der Waals surface area contributed by atoms with Crippen LogP contribution in [0.1, 0.15) is 18.4 Å². The Kier molecular flexibility index (Phi) is 6.56. The first-order valence-electron chi connectivity index (χ1n) is 11.0. The number of carbonyl (C=O) groups excluding carboxylic acids is 1. The van der Waals surface area contributed by atoms with Gasteiger partial charge in [0, 0.05) is 24.2 Å². The molecule has 0 unspecified atom stereocenters. The number of sulfonamides is 1. The molecule has 206 valence electrons. The summed E-state index contributed by atoms with van der Waals surface area (Å²) >= 11 is 0. The molecule has 0 bridgehead atoms. The van der Waals surface area contributed by atoms with Crippen LogP contribution < -0.4 is 5.32 Å². The van der Waals surface area contributed by atoms with E-state index in [0.29, 0.717) is 6.42 Å². The van der Waals surface area contributed by atoms with Gasteiger partial charge in [0.2, 0.25) is 15.9 Å². The van der Waals surface area contributed by atoms with Crippen molar-refractivity contribution < 1.29 is 41.4 Å². The molecule has 1 saturated heterocycles. The van der Waals surface area contributed by atoms with Gasteiger partial charge < -0.3 is 5.32 Å². The number of pyridine rings is 1. The van der Waals surface area contributed by atoms with E-state index >= 15 is 0 Å². The van der Waals surface area contributed by atoms with Crippen LogP contribution in [-0.4, -0.2) is 36.2 Å². The molecule has 2 heterocycles.